The Morgan fingerprint density at radius 1 is 1.20 bits per heavy atom. The molecule has 2 heterocycles. The number of rotatable bonds is 2. The Morgan fingerprint density at radius 3 is 2.65 bits per heavy atom. The summed E-state index contributed by atoms with van der Waals surface area (Å²) in [5.41, 5.74) is 8.46. The third kappa shape index (κ3) is 1.75. The molecule has 1 aromatic carbocycles. The standard InChI is InChI=1S/C15H14N4O/c1-9-11(14(16)20)7-8-17-15(9)19-10(2)12-5-3-4-6-13(12)18-19/h3-8H,1-2H3,(H2,16,20). The molecular weight excluding hydrogens is 252 g/mol. The van der Waals surface area contributed by atoms with Crippen molar-refractivity contribution in [2.45, 2.75) is 13.8 Å². The molecule has 3 aromatic rings. The van der Waals surface area contributed by atoms with Gasteiger partial charge >= 0.3 is 0 Å². The van der Waals surface area contributed by atoms with Gasteiger partial charge in [0.1, 0.15) is 0 Å². The molecule has 0 aliphatic heterocycles. The van der Waals surface area contributed by atoms with Crippen molar-refractivity contribution < 1.29 is 4.79 Å². The van der Waals surface area contributed by atoms with E-state index in [1.54, 1.807) is 16.9 Å². The molecule has 0 aliphatic rings. The number of nitrogens with two attached hydrogens (primary N) is 1. The van der Waals surface area contributed by atoms with E-state index in [2.05, 4.69) is 10.1 Å². The van der Waals surface area contributed by atoms with Crippen LogP contribution in [0.3, 0.4) is 0 Å². The van der Waals surface area contributed by atoms with Gasteiger partial charge in [-0.05, 0) is 26.0 Å². The van der Waals surface area contributed by atoms with Crippen LogP contribution >= 0.6 is 0 Å². The van der Waals surface area contributed by atoms with Crippen LogP contribution in [0, 0.1) is 13.8 Å². The van der Waals surface area contributed by atoms with E-state index in [1.165, 1.54) is 0 Å². The minimum absolute atomic E-state index is 0.458. The molecule has 100 valence electrons. The van der Waals surface area contributed by atoms with E-state index in [0.717, 1.165) is 22.2 Å². The fourth-order valence-corrected chi connectivity index (χ4v) is 2.37. The Balaban J connectivity index is 2.29. The normalized spacial score (nSPS) is 10.9. The van der Waals surface area contributed by atoms with Crippen LogP contribution in [0.15, 0.2) is 36.5 Å². The van der Waals surface area contributed by atoms with Gasteiger partial charge in [0.2, 0.25) is 5.91 Å². The van der Waals surface area contributed by atoms with Crippen LogP contribution in [-0.2, 0) is 0 Å². The number of pyridine rings is 1. The summed E-state index contributed by atoms with van der Waals surface area (Å²) >= 11 is 0. The van der Waals surface area contributed by atoms with Crippen molar-refractivity contribution >= 4 is 16.8 Å². The molecule has 2 N–H and O–H groups in total. The highest BCUT2D eigenvalue weighted by atomic mass is 16.1. The topological polar surface area (TPSA) is 73.8 Å². The number of aryl methyl sites for hydroxylation is 1. The quantitative estimate of drug-likeness (QED) is 0.772. The van der Waals surface area contributed by atoms with Gasteiger partial charge in [0.25, 0.3) is 0 Å². The molecule has 0 fully saturated rings. The van der Waals surface area contributed by atoms with Crippen LogP contribution in [0.4, 0.5) is 0 Å². The molecular formula is C15H14N4O. The van der Waals surface area contributed by atoms with Crippen molar-refractivity contribution in [1.82, 2.24) is 14.8 Å². The number of fused-ring (bicyclic) bond motifs is 1. The zero-order valence-electron chi connectivity index (χ0n) is 11.3. The molecule has 0 saturated heterocycles. The lowest BCUT2D eigenvalue weighted by Crippen LogP contribution is -2.15. The van der Waals surface area contributed by atoms with Gasteiger partial charge in [-0.3, -0.25) is 4.79 Å². The Morgan fingerprint density at radius 2 is 1.95 bits per heavy atom. The number of primary amides is 1. The zero-order chi connectivity index (χ0) is 14.3. The first-order valence-electron chi connectivity index (χ1n) is 6.29. The van der Waals surface area contributed by atoms with Crippen molar-refractivity contribution in [2.24, 2.45) is 5.73 Å². The molecule has 0 atom stereocenters. The first-order valence-corrected chi connectivity index (χ1v) is 6.29. The third-order valence-electron chi connectivity index (χ3n) is 3.46. The Bertz CT molecular complexity index is 820. The van der Waals surface area contributed by atoms with Crippen LogP contribution in [0.5, 0.6) is 0 Å². The molecule has 0 saturated carbocycles. The molecule has 1 amide bonds. The van der Waals surface area contributed by atoms with Gasteiger partial charge in [-0.1, -0.05) is 18.2 Å². The van der Waals surface area contributed by atoms with E-state index in [9.17, 15) is 4.79 Å². The second-order valence-corrected chi connectivity index (χ2v) is 4.69. The number of benzene rings is 1. The van der Waals surface area contributed by atoms with E-state index in [1.807, 2.05) is 38.1 Å². The first-order chi connectivity index (χ1) is 9.59. The van der Waals surface area contributed by atoms with Gasteiger partial charge in [-0.25, -0.2) is 9.67 Å². The molecule has 3 rings (SSSR count). The summed E-state index contributed by atoms with van der Waals surface area (Å²) < 4.78 is 1.76. The van der Waals surface area contributed by atoms with Crippen molar-refractivity contribution in [2.75, 3.05) is 0 Å². The van der Waals surface area contributed by atoms with E-state index in [4.69, 9.17) is 5.73 Å². The van der Waals surface area contributed by atoms with Crippen LogP contribution in [0.2, 0.25) is 0 Å². The first kappa shape index (κ1) is 12.3. The number of carbonyl (C=O) groups is 1. The maximum absolute atomic E-state index is 11.4. The maximum Gasteiger partial charge on any atom is 0.249 e. The molecule has 0 aliphatic carbocycles. The number of amides is 1. The predicted octanol–water partition coefficient (Wildman–Crippen LogP) is 2.14. The van der Waals surface area contributed by atoms with Crippen molar-refractivity contribution in [3.8, 4) is 5.82 Å². The van der Waals surface area contributed by atoms with E-state index < -0.39 is 5.91 Å². The average Bonchev–Trinajstić information content (AvgIpc) is 2.76. The number of nitrogens with zero attached hydrogens (tertiary/aromatic N) is 3. The number of carbonyl (C=O) groups excluding carboxylic acids is 1. The summed E-state index contributed by atoms with van der Waals surface area (Å²) in [5.74, 6) is 0.176. The monoisotopic (exact) mass is 266 g/mol. The lowest BCUT2D eigenvalue weighted by atomic mass is 10.1. The van der Waals surface area contributed by atoms with Gasteiger partial charge < -0.3 is 5.73 Å². The SMILES string of the molecule is Cc1c(C(N)=O)ccnc1-n1nc2ccccc2c1C. The Hall–Kier alpha value is -2.69. The number of aromatic nitrogens is 3. The highest BCUT2D eigenvalue weighted by Crippen LogP contribution is 2.22. The summed E-state index contributed by atoms with van der Waals surface area (Å²) in [6, 6.07) is 9.51. The molecule has 5 nitrogen and oxygen atoms in total. The number of hydrogen-bond acceptors (Lipinski definition) is 3. The highest BCUT2D eigenvalue weighted by Gasteiger charge is 2.15. The molecule has 0 bridgehead atoms. The largest absolute Gasteiger partial charge is 0.366 e. The van der Waals surface area contributed by atoms with Crippen LogP contribution < -0.4 is 5.73 Å². The van der Waals surface area contributed by atoms with Gasteiger partial charge in [-0.15, -0.1) is 0 Å². The maximum atomic E-state index is 11.4. The molecule has 0 radical (unpaired) electrons. The van der Waals surface area contributed by atoms with E-state index >= 15 is 0 Å². The molecule has 0 spiro atoms. The van der Waals surface area contributed by atoms with Gasteiger partial charge in [0, 0.05) is 22.7 Å². The van der Waals surface area contributed by atoms with E-state index in [0.29, 0.717) is 11.4 Å². The Labute approximate surface area is 116 Å². The van der Waals surface area contributed by atoms with Crippen molar-refractivity contribution in [3.63, 3.8) is 0 Å². The van der Waals surface area contributed by atoms with Crippen LogP contribution in [0.1, 0.15) is 21.6 Å². The van der Waals surface area contributed by atoms with E-state index in [-0.39, 0.29) is 0 Å². The van der Waals surface area contributed by atoms with Crippen molar-refractivity contribution in [1.29, 1.82) is 0 Å². The number of hydrogen-bond donors (Lipinski definition) is 1. The summed E-state index contributed by atoms with van der Waals surface area (Å²) in [6.07, 6.45) is 1.58. The van der Waals surface area contributed by atoms with Gasteiger partial charge in [-0.2, -0.15) is 5.10 Å². The summed E-state index contributed by atoms with van der Waals surface area (Å²) in [6.45, 7) is 3.81. The van der Waals surface area contributed by atoms with Crippen molar-refractivity contribution in [3.05, 3.63) is 53.3 Å². The van der Waals surface area contributed by atoms with Crippen LogP contribution in [-0.4, -0.2) is 20.7 Å². The third-order valence-corrected chi connectivity index (χ3v) is 3.46. The molecule has 5 heteroatoms. The molecule has 2 aromatic heterocycles. The predicted molar refractivity (Wildman–Crippen MR) is 76.9 cm³/mol. The lowest BCUT2D eigenvalue weighted by Gasteiger charge is -2.09. The highest BCUT2D eigenvalue weighted by molar-refractivity contribution is 5.95. The smallest absolute Gasteiger partial charge is 0.249 e. The second-order valence-electron chi connectivity index (χ2n) is 4.69. The molecule has 0 unspecified atom stereocenters. The summed E-state index contributed by atoms with van der Waals surface area (Å²) in [5, 5.41) is 5.61. The van der Waals surface area contributed by atoms with Gasteiger partial charge in [0.15, 0.2) is 5.82 Å². The summed E-state index contributed by atoms with van der Waals surface area (Å²) in [4.78, 5) is 15.8. The lowest BCUT2D eigenvalue weighted by molar-refractivity contribution is 0.0999. The zero-order valence-corrected chi connectivity index (χ0v) is 11.3. The molecule has 20 heavy (non-hydrogen) atoms. The minimum atomic E-state index is -0.458. The fraction of sp³-hybridized carbons (Fsp3) is 0.133. The fourth-order valence-electron chi connectivity index (χ4n) is 2.37. The summed E-state index contributed by atoms with van der Waals surface area (Å²) in [7, 11) is 0. The minimum Gasteiger partial charge on any atom is -0.366 e. The second kappa shape index (κ2) is 4.45. The average molecular weight is 266 g/mol. The van der Waals surface area contributed by atoms with Gasteiger partial charge in [0.05, 0.1) is 11.2 Å². The Kier molecular flexibility index (Phi) is 2.75. The van der Waals surface area contributed by atoms with Crippen LogP contribution in [0.25, 0.3) is 16.7 Å².